The minimum Gasteiger partial charge on any atom is -0.325 e. The molecule has 2 unspecified atom stereocenters. The topological polar surface area (TPSA) is 47.3 Å². The Bertz CT molecular complexity index is 272. The summed E-state index contributed by atoms with van der Waals surface area (Å²) in [4.78, 5) is 15.7. The first-order valence-corrected chi connectivity index (χ1v) is 5.35. The summed E-state index contributed by atoms with van der Waals surface area (Å²) in [6.45, 7) is 4.79. The molecule has 0 radical (unpaired) electrons. The number of hydrogen-bond acceptors (Lipinski definition) is 3. The molecule has 1 rings (SSSR count). The number of likely N-dealkylation sites (tertiary alicyclic amines) is 1. The molecule has 4 nitrogen and oxygen atoms in total. The second-order valence-electron chi connectivity index (χ2n) is 4.62. The molecule has 4 heteroatoms. The highest BCUT2D eigenvalue weighted by molar-refractivity contribution is 5.83. The quantitative estimate of drug-likeness (QED) is 0.687. The first-order valence-electron chi connectivity index (χ1n) is 5.35. The van der Waals surface area contributed by atoms with E-state index in [0.717, 1.165) is 13.0 Å². The fourth-order valence-electron chi connectivity index (χ4n) is 2.06. The van der Waals surface area contributed by atoms with Crippen molar-refractivity contribution in [2.75, 3.05) is 20.6 Å². The van der Waals surface area contributed by atoms with Crippen LogP contribution in [0.5, 0.6) is 0 Å². The van der Waals surface area contributed by atoms with Crippen LogP contribution in [0.25, 0.3) is 0 Å². The van der Waals surface area contributed by atoms with E-state index in [2.05, 4.69) is 6.07 Å². The number of likely N-dealkylation sites (N-methyl/N-ethyl adjacent to an activating group) is 1. The van der Waals surface area contributed by atoms with Crippen LogP contribution in [0.3, 0.4) is 0 Å². The van der Waals surface area contributed by atoms with Gasteiger partial charge < -0.3 is 4.90 Å². The molecule has 1 aliphatic rings. The highest BCUT2D eigenvalue weighted by Crippen LogP contribution is 2.21. The number of amides is 1. The van der Waals surface area contributed by atoms with Crippen LogP contribution in [-0.4, -0.2) is 48.4 Å². The average molecular weight is 209 g/mol. The molecular weight excluding hydrogens is 190 g/mol. The van der Waals surface area contributed by atoms with E-state index in [1.807, 2.05) is 32.8 Å². The van der Waals surface area contributed by atoms with Crippen LogP contribution in [0, 0.1) is 17.2 Å². The molecule has 1 fully saturated rings. The molecule has 2 atom stereocenters. The summed E-state index contributed by atoms with van der Waals surface area (Å²) >= 11 is 0. The predicted octanol–water partition coefficient (Wildman–Crippen LogP) is 0.697. The number of carbonyl (C=O) groups is 1. The third-order valence-electron chi connectivity index (χ3n) is 2.89. The molecule has 0 N–H and O–H groups in total. The molecule has 0 spiro atoms. The zero-order chi connectivity index (χ0) is 11.6. The van der Waals surface area contributed by atoms with Gasteiger partial charge in [-0.1, -0.05) is 13.8 Å². The second kappa shape index (κ2) is 4.63. The molecule has 0 saturated carbocycles. The normalized spacial score (nSPS) is 22.5. The number of carbonyl (C=O) groups excluding carboxylic acids is 1. The van der Waals surface area contributed by atoms with Crippen LogP contribution in [0.15, 0.2) is 0 Å². The van der Waals surface area contributed by atoms with Crippen LogP contribution in [0.1, 0.15) is 20.3 Å². The maximum absolute atomic E-state index is 12.1. The van der Waals surface area contributed by atoms with Crippen molar-refractivity contribution in [3.63, 3.8) is 0 Å². The van der Waals surface area contributed by atoms with Gasteiger partial charge in [0.2, 0.25) is 5.91 Å². The van der Waals surface area contributed by atoms with Crippen molar-refractivity contribution in [3.8, 4) is 6.07 Å². The van der Waals surface area contributed by atoms with Gasteiger partial charge in [-0.15, -0.1) is 0 Å². The Morgan fingerprint density at radius 2 is 2.13 bits per heavy atom. The molecule has 1 aliphatic heterocycles. The third kappa shape index (κ3) is 2.29. The van der Waals surface area contributed by atoms with Crippen LogP contribution in [0.2, 0.25) is 0 Å². The molecule has 0 aromatic heterocycles. The first kappa shape index (κ1) is 12.0. The van der Waals surface area contributed by atoms with Gasteiger partial charge >= 0.3 is 0 Å². The summed E-state index contributed by atoms with van der Waals surface area (Å²) in [6, 6.07) is 1.85. The first-order chi connectivity index (χ1) is 6.99. The SMILES string of the molecule is CC(C)C(C(=O)N1CCC1C#N)N(C)C. The molecule has 0 aromatic carbocycles. The van der Waals surface area contributed by atoms with Crippen LogP contribution < -0.4 is 0 Å². The van der Waals surface area contributed by atoms with E-state index in [4.69, 9.17) is 5.26 Å². The highest BCUT2D eigenvalue weighted by Gasteiger charge is 2.37. The lowest BCUT2D eigenvalue weighted by atomic mass is 9.97. The Labute approximate surface area is 91.5 Å². The van der Waals surface area contributed by atoms with Gasteiger partial charge in [-0.25, -0.2) is 0 Å². The second-order valence-corrected chi connectivity index (χ2v) is 4.62. The molecule has 1 heterocycles. The van der Waals surface area contributed by atoms with Crippen molar-refractivity contribution in [1.82, 2.24) is 9.80 Å². The summed E-state index contributed by atoms with van der Waals surface area (Å²) < 4.78 is 0. The molecule has 15 heavy (non-hydrogen) atoms. The van der Waals surface area contributed by atoms with E-state index in [9.17, 15) is 4.79 Å². The van der Waals surface area contributed by atoms with E-state index in [1.54, 1.807) is 4.90 Å². The Morgan fingerprint density at radius 1 is 1.53 bits per heavy atom. The Kier molecular flexibility index (Phi) is 3.70. The van der Waals surface area contributed by atoms with Gasteiger partial charge in [0.25, 0.3) is 0 Å². The van der Waals surface area contributed by atoms with Gasteiger partial charge in [0.15, 0.2) is 0 Å². The average Bonchev–Trinajstić information content (AvgIpc) is 2.00. The monoisotopic (exact) mass is 209 g/mol. The Hall–Kier alpha value is -1.08. The van der Waals surface area contributed by atoms with E-state index in [1.165, 1.54) is 0 Å². The molecule has 0 bridgehead atoms. The highest BCUT2D eigenvalue weighted by atomic mass is 16.2. The standard InChI is InChI=1S/C11H19N3O/c1-8(2)10(13(3)4)11(15)14-6-5-9(14)7-12/h8-10H,5-6H2,1-4H3. The number of nitrogens with zero attached hydrogens (tertiary/aromatic N) is 3. The van der Waals surface area contributed by atoms with Gasteiger partial charge in [0.05, 0.1) is 12.1 Å². The lowest BCUT2D eigenvalue weighted by Crippen LogP contribution is -2.57. The lowest BCUT2D eigenvalue weighted by molar-refractivity contribution is -0.143. The number of rotatable bonds is 3. The maximum Gasteiger partial charge on any atom is 0.241 e. The molecule has 0 aliphatic carbocycles. The van der Waals surface area contributed by atoms with E-state index in [-0.39, 0.29) is 23.9 Å². The zero-order valence-corrected chi connectivity index (χ0v) is 9.90. The lowest BCUT2D eigenvalue weighted by Gasteiger charge is -2.41. The molecule has 1 saturated heterocycles. The van der Waals surface area contributed by atoms with Crippen molar-refractivity contribution in [1.29, 1.82) is 5.26 Å². The number of hydrogen-bond donors (Lipinski definition) is 0. The van der Waals surface area contributed by atoms with Crippen molar-refractivity contribution >= 4 is 5.91 Å². The maximum atomic E-state index is 12.1. The zero-order valence-electron chi connectivity index (χ0n) is 9.90. The largest absolute Gasteiger partial charge is 0.325 e. The summed E-state index contributed by atoms with van der Waals surface area (Å²) in [6.07, 6.45) is 0.820. The summed E-state index contributed by atoms with van der Waals surface area (Å²) in [5.74, 6) is 0.361. The van der Waals surface area contributed by atoms with Gasteiger partial charge in [-0.2, -0.15) is 5.26 Å². The van der Waals surface area contributed by atoms with Crippen LogP contribution in [0.4, 0.5) is 0 Å². The van der Waals surface area contributed by atoms with Gasteiger partial charge in [-0.05, 0) is 26.4 Å². The van der Waals surface area contributed by atoms with Crippen molar-refractivity contribution in [2.45, 2.75) is 32.4 Å². The fourth-order valence-corrected chi connectivity index (χ4v) is 2.06. The molecule has 0 aromatic rings. The van der Waals surface area contributed by atoms with E-state index < -0.39 is 0 Å². The molecule has 84 valence electrons. The van der Waals surface area contributed by atoms with Gasteiger partial charge in [0.1, 0.15) is 6.04 Å². The fraction of sp³-hybridized carbons (Fsp3) is 0.818. The summed E-state index contributed by atoms with van der Waals surface area (Å²) in [5, 5.41) is 8.81. The van der Waals surface area contributed by atoms with Crippen molar-refractivity contribution < 1.29 is 4.79 Å². The van der Waals surface area contributed by atoms with Crippen LogP contribution >= 0.6 is 0 Å². The minimum atomic E-state index is -0.196. The smallest absolute Gasteiger partial charge is 0.241 e. The molecule has 1 amide bonds. The van der Waals surface area contributed by atoms with Gasteiger partial charge in [-0.3, -0.25) is 9.69 Å². The Morgan fingerprint density at radius 3 is 2.40 bits per heavy atom. The Balaban J connectivity index is 2.70. The van der Waals surface area contributed by atoms with Crippen LogP contribution in [-0.2, 0) is 4.79 Å². The van der Waals surface area contributed by atoms with Crippen molar-refractivity contribution in [3.05, 3.63) is 0 Å². The van der Waals surface area contributed by atoms with E-state index >= 15 is 0 Å². The minimum absolute atomic E-state index is 0.0906. The van der Waals surface area contributed by atoms with Gasteiger partial charge in [0, 0.05) is 6.54 Å². The summed E-state index contributed by atoms with van der Waals surface area (Å²) in [5.41, 5.74) is 0. The number of nitriles is 1. The molecular formula is C11H19N3O. The third-order valence-corrected chi connectivity index (χ3v) is 2.89. The summed E-state index contributed by atoms with van der Waals surface area (Å²) in [7, 11) is 3.81. The van der Waals surface area contributed by atoms with E-state index in [0.29, 0.717) is 0 Å². The van der Waals surface area contributed by atoms with Crippen molar-refractivity contribution in [2.24, 2.45) is 5.92 Å². The predicted molar refractivity (Wildman–Crippen MR) is 58.0 cm³/mol.